The molecule has 0 aromatic heterocycles. The Morgan fingerprint density at radius 3 is 2.90 bits per heavy atom. The van der Waals surface area contributed by atoms with Crippen LogP contribution in [0.4, 0.5) is 11.4 Å². The summed E-state index contributed by atoms with van der Waals surface area (Å²) in [5.41, 5.74) is -0.176. The monoisotopic (exact) mass is 293 g/mol. The number of benzene rings is 1. The van der Waals surface area contributed by atoms with Gasteiger partial charge in [-0.3, -0.25) is 10.1 Å². The first-order valence-corrected chi connectivity index (χ1v) is 6.95. The molecule has 0 amide bonds. The predicted octanol–water partition coefficient (Wildman–Crippen LogP) is 2.19. The molecular weight excluding hydrogens is 274 g/mol. The van der Waals surface area contributed by atoms with E-state index in [4.69, 9.17) is 0 Å². The SMILES string of the molecule is CN1CCCCC1CNc1c(C(=O)O)cccc1[N+](=O)[O-]. The zero-order valence-corrected chi connectivity index (χ0v) is 11.9. The number of nitrogens with zero attached hydrogens (tertiary/aromatic N) is 2. The van der Waals surface area contributed by atoms with E-state index >= 15 is 0 Å². The molecule has 1 aliphatic rings. The number of hydrogen-bond acceptors (Lipinski definition) is 5. The number of piperidine rings is 1. The average molecular weight is 293 g/mol. The van der Waals surface area contributed by atoms with Crippen molar-refractivity contribution < 1.29 is 14.8 Å². The number of rotatable bonds is 5. The van der Waals surface area contributed by atoms with Crippen molar-refractivity contribution in [3.05, 3.63) is 33.9 Å². The van der Waals surface area contributed by atoms with Crippen LogP contribution >= 0.6 is 0 Å². The van der Waals surface area contributed by atoms with Gasteiger partial charge in [-0.1, -0.05) is 12.5 Å². The molecule has 0 spiro atoms. The van der Waals surface area contributed by atoms with Gasteiger partial charge in [0.25, 0.3) is 5.69 Å². The largest absolute Gasteiger partial charge is 0.478 e. The van der Waals surface area contributed by atoms with Crippen LogP contribution in [-0.2, 0) is 0 Å². The summed E-state index contributed by atoms with van der Waals surface area (Å²) in [4.78, 5) is 24.0. The van der Waals surface area contributed by atoms with Crippen LogP contribution in [-0.4, -0.2) is 47.1 Å². The van der Waals surface area contributed by atoms with Crippen molar-refractivity contribution in [3.63, 3.8) is 0 Å². The van der Waals surface area contributed by atoms with Crippen molar-refractivity contribution >= 4 is 17.3 Å². The molecule has 1 aliphatic heterocycles. The fraction of sp³-hybridized carbons (Fsp3) is 0.500. The van der Waals surface area contributed by atoms with Gasteiger partial charge in [-0.2, -0.15) is 0 Å². The van der Waals surface area contributed by atoms with E-state index in [9.17, 15) is 20.0 Å². The van der Waals surface area contributed by atoms with Crippen molar-refractivity contribution in [1.29, 1.82) is 0 Å². The van der Waals surface area contributed by atoms with E-state index in [2.05, 4.69) is 10.2 Å². The number of carboxylic acid groups (broad SMARTS) is 1. The van der Waals surface area contributed by atoms with Crippen LogP contribution in [0.3, 0.4) is 0 Å². The highest BCUT2D eigenvalue weighted by molar-refractivity contribution is 5.96. The Kier molecular flexibility index (Phi) is 4.74. The number of nitro groups is 1. The van der Waals surface area contributed by atoms with Crippen LogP contribution in [0.25, 0.3) is 0 Å². The topological polar surface area (TPSA) is 95.7 Å². The molecule has 1 aromatic carbocycles. The molecular formula is C14H19N3O4. The van der Waals surface area contributed by atoms with Crippen LogP contribution < -0.4 is 5.32 Å². The molecule has 1 aromatic rings. The Labute approximate surface area is 122 Å². The molecule has 114 valence electrons. The zero-order valence-electron chi connectivity index (χ0n) is 11.9. The van der Waals surface area contributed by atoms with Gasteiger partial charge in [-0.25, -0.2) is 4.79 Å². The fourth-order valence-electron chi connectivity index (χ4n) is 2.68. The maximum absolute atomic E-state index is 11.2. The quantitative estimate of drug-likeness (QED) is 0.638. The Balaban J connectivity index is 2.21. The van der Waals surface area contributed by atoms with E-state index in [0.717, 1.165) is 25.8 Å². The molecule has 1 atom stereocenters. The highest BCUT2D eigenvalue weighted by Crippen LogP contribution is 2.29. The van der Waals surface area contributed by atoms with Gasteiger partial charge in [0.2, 0.25) is 0 Å². The minimum Gasteiger partial charge on any atom is -0.478 e. The van der Waals surface area contributed by atoms with Crippen LogP contribution in [0.5, 0.6) is 0 Å². The number of aromatic carboxylic acids is 1. The van der Waals surface area contributed by atoms with Crippen molar-refractivity contribution in [2.24, 2.45) is 0 Å². The molecule has 1 unspecified atom stereocenters. The van der Waals surface area contributed by atoms with E-state index in [-0.39, 0.29) is 23.0 Å². The lowest BCUT2D eigenvalue weighted by atomic mass is 10.0. The summed E-state index contributed by atoms with van der Waals surface area (Å²) < 4.78 is 0. The van der Waals surface area contributed by atoms with E-state index in [0.29, 0.717) is 6.54 Å². The molecule has 21 heavy (non-hydrogen) atoms. The molecule has 2 rings (SSSR count). The smallest absolute Gasteiger partial charge is 0.338 e. The van der Waals surface area contributed by atoms with Crippen LogP contribution in [0.1, 0.15) is 29.6 Å². The van der Waals surface area contributed by atoms with E-state index in [1.165, 1.54) is 18.2 Å². The molecule has 0 aliphatic carbocycles. The van der Waals surface area contributed by atoms with Gasteiger partial charge >= 0.3 is 5.97 Å². The summed E-state index contributed by atoms with van der Waals surface area (Å²) in [5.74, 6) is -1.17. The van der Waals surface area contributed by atoms with Gasteiger partial charge in [0, 0.05) is 18.7 Å². The van der Waals surface area contributed by atoms with Gasteiger partial charge < -0.3 is 15.3 Å². The summed E-state index contributed by atoms with van der Waals surface area (Å²) >= 11 is 0. The molecule has 0 bridgehead atoms. The van der Waals surface area contributed by atoms with Gasteiger partial charge in [0.1, 0.15) is 5.69 Å². The first kappa shape index (κ1) is 15.2. The average Bonchev–Trinajstić information content (AvgIpc) is 2.45. The first-order valence-electron chi connectivity index (χ1n) is 6.95. The number of carboxylic acids is 1. The fourth-order valence-corrected chi connectivity index (χ4v) is 2.68. The van der Waals surface area contributed by atoms with Gasteiger partial charge in [-0.05, 0) is 32.5 Å². The Hall–Kier alpha value is -2.15. The maximum atomic E-state index is 11.2. The summed E-state index contributed by atoms with van der Waals surface area (Å²) in [6.07, 6.45) is 3.28. The Bertz CT molecular complexity index is 515. The lowest BCUT2D eigenvalue weighted by Gasteiger charge is -2.32. The van der Waals surface area contributed by atoms with E-state index < -0.39 is 10.9 Å². The number of nitro benzene ring substituents is 1. The van der Waals surface area contributed by atoms with Crippen LogP contribution in [0.15, 0.2) is 18.2 Å². The third-order valence-corrected chi connectivity index (χ3v) is 3.91. The number of hydrogen-bond donors (Lipinski definition) is 2. The highest BCUT2D eigenvalue weighted by atomic mass is 16.6. The second-order valence-corrected chi connectivity index (χ2v) is 5.27. The molecule has 0 saturated carbocycles. The number of carbonyl (C=O) groups is 1. The number of nitrogens with one attached hydrogen (secondary N) is 1. The standard InChI is InChI=1S/C14H19N3O4/c1-16-8-3-2-5-10(16)9-15-13-11(14(18)19)6-4-7-12(13)17(20)21/h4,6-7,10,15H,2-3,5,8-9H2,1H3,(H,18,19). The van der Waals surface area contributed by atoms with Gasteiger partial charge in [0.15, 0.2) is 0 Å². The molecule has 7 heteroatoms. The predicted molar refractivity (Wildman–Crippen MR) is 78.8 cm³/mol. The zero-order chi connectivity index (χ0) is 15.4. The molecule has 1 fully saturated rings. The highest BCUT2D eigenvalue weighted by Gasteiger charge is 2.24. The number of anilines is 1. The second-order valence-electron chi connectivity index (χ2n) is 5.27. The number of likely N-dealkylation sites (tertiary alicyclic amines) is 1. The van der Waals surface area contributed by atoms with Crippen molar-refractivity contribution in [1.82, 2.24) is 4.90 Å². The van der Waals surface area contributed by atoms with Crippen molar-refractivity contribution in [3.8, 4) is 0 Å². The lowest BCUT2D eigenvalue weighted by Crippen LogP contribution is -2.41. The Morgan fingerprint density at radius 2 is 2.29 bits per heavy atom. The molecule has 7 nitrogen and oxygen atoms in total. The number of para-hydroxylation sites is 1. The normalized spacial score (nSPS) is 19.2. The van der Waals surface area contributed by atoms with Crippen molar-refractivity contribution in [2.45, 2.75) is 25.3 Å². The lowest BCUT2D eigenvalue weighted by molar-refractivity contribution is -0.384. The Morgan fingerprint density at radius 1 is 1.52 bits per heavy atom. The van der Waals surface area contributed by atoms with Gasteiger partial charge in [0.05, 0.1) is 10.5 Å². The minimum atomic E-state index is -1.17. The van der Waals surface area contributed by atoms with E-state index in [1.54, 1.807) is 0 Å². The summed E-state index contributed by atoms with van der Waals surface area (Å²) in [6.45, 7) is 1.50. The summed E-state index contributed by atoms with van der Waals surface area (Å²) in [7, 11) is 2.02. The third kappa shape index (κ3) is 3.49. The van der Waals surface area contributed by atoms with Crippen LogP contribution in [0.2, 0.25) is 0 Å². The van der Waals surface area contributed by atoms with Crippen LogP contribution in [0, 0.1) is 10.1 Å². The van der Waals surface area contributed by atoms with Crippen molar-refractivity contribution in [2.75, 3.05) is 25.5 Å². The first-order chi connectivity index (χ1) is 10.0. The molecule has 2 N–H and O–H groups in total. The number of likely N-dealkylation sites (N-methyl/N-ethyl adjacent to an activating group) is 1. The van der Waals surface area contributed by atoms with E-state index in [1.807, 2.05) is 7.05 Å². The minimum absolute atomic E-state index is 0.0670. The molecule has 1 saturated heterocycles. The second kappa shape index (κ2) is 6.53. The summed E-state index contributed by atoms with van der Waals surface area (Å²) in [5, 5.41) is 23.2. The third-order valence-electron chi connectivity index (χ3n) is 3.91. The summed E-state index contributed by atoms with van der Waals surface area (Å²) in [6, 6.07) is 4.35. The molecule has 1 heterocycles. The molecule has 0 radical (unpaired) electrons. The maximum Gasteiger partial charge on any atom is 0.338 e. The van der Waals surface area contributed by atoms with Gasteiger partial charge in [-0.15, -0.1) is 0 Å².